The van der Waals surface area contributed by atoms with Crippen molar-refractivity contribution < 1.29 is 19.1 Å². The summed E-state index contributed by atoms with van der Waals surface area (Å²) in [6, 6.07) is 0. The van der Waals surface area contributed by atoms with Crippen LogP contribution < -0.4 is 0 Å². The van der Waals surface area contributed by atoms with Gasteiger partial charge in [0.15, 0.2) is 0 Å². The average Bonchev–Trinajstić information content (AvgIpc) is 2.26. The minimum atomic E-state index is -0.415. The standard InChI is InChI=1S/C11H16O4/c1-7-4-5-8(10(12)14-2)9(6-7)11(13)15-3/h7H,4-6H2,1-3H3. The van der Waals surface area contributed by atoms with Crippen molar-refractivity contribution >= 4 is 11.9 Å². The van der Waals surface area contributed by atoms with Gasteiger partial charge in [0.25, 0.3) is 0 Å². The zero-order valence-electron chi connectivity index (χ0n) is 9.33. The Morgan fingerprint density at radius 3 is 2.20 bits per heavy atom. The summed E-state index contributed by atoms with van der Waals surface area (Å²) < 4.78 is 9.30. The fraction of sp³-hybridized carbons (Fsp3) is 0.636. The van der Waals surface area contributed by atoms with E-state index in [0.717, 1.165) is 6.42 Å². The van der Waals surface area contributed by atoms with E-state index in [1.54, 1.807) is 0 Å². The zero-order chi connectivity index (χ0) is 11.4. The molecule has 0 aromatic carbocycles. The summed E-state index contributed by atoms with van der Waals surface area (Å²) in [5.41, 5.74) is 0.950. The second kappa shape index (κ2) is 4.96. The summed E-state index contributed by atoms with van der Waals surface area (Å²) in [5, 5.41) is 0. The monoisotopic (exact) mass is 212 g/mol. The van der Waals surface area contributed by atoms with Crippen molar-refractivity contribution in [2.45, 2.75) is 26.2 Å². The topological polar surface area (TPSA) is 52.6 Å². The van der Waals surface area contributed by atoms with Crippen LogP contribution in [0.1, 0.15) is 26.2 Å². The first kappa shape index (κ1) is 11.8. The van der Waals surface area contributed by atoms with E-state index in [4.69, 9.17) is 0 Å². The van der Waals surface area contributed by atoms with Gasteiger partial charge in [-0.3, -0.25) is 0 Å². The van der Waals surface area contributed by atoms with Gasteiger partial charge in [-0.1, -0.05) is 6.92 Å². The van der Waals surface area contributed by atoms with E-state index >= 15 is 0 Å². The Hall–Kier alpha value is -1.32. The number of methoxy groups -OCH3 is 2. The van der Waals surface area contributed by atoms with Gasteiger partial charge < -0.3 is 9.47 Å². The molecule has 4 nitrogen and oxygen atoms in total. The number of rotatable bonds is 2. The third-order valence-corrected chi connectivity index (χ3v) is 2.67. The molecule has 0 aliphatic heterocycles. The maximum Gasteiger partial charge on any atom is 0.334 e. The van der Waals surface area contributed by atoms with Gasteiger partial charge in [0, 0.05) is 11.1 Å². The molecule has 15 heavy (non-hydrogen) atoms. The molecule has 0 fully saturated rings. The number of hydrogen-bond donors (Lipinski definition) is 0. The highest BCUT2D eigenvalue weighted by Gasteiger charge is 2.27. The lowest BCUT2D eigenvalue weighted by atomic mass is 9.85. The van der Waals surface area contributed by atoms with Crippen LogP contribution in [0.15, 0.2) is 11.1 Å². The molecule has 0 spiro atoms. The normalized spacial score (nSPS) is 21.1. The first-order valence-electron chi connectivity index (χ1n) is 4.98. The maximum absolute atomic E-state index is 11.5. The van der Waals surface area contributed by atoms with Crippen LogP contribution in [0, 0.1) is 5.92 Å². The average molecular weight is 212 g/mol. The lowest BCUT2D eigenvalue weighted by molar-refractivity contribution is -0.140. The van der Waals surface area contributed by atoms with Crippen LogP contribution in [-0.2, 0) is 19.1 Å². The van der Waals surface area contributed by atoms with E-state index in [2.05, 4.69) is 16.4 Å². The second-order valence-electron chi connectivity index (χ2n) is 3.79. The third-order valence-electron chi connectivity index (χ3n) is 2.67. The molecular formula is C11H16O4. The number of carbonyl (C=O) groups excluding carboxylic acids is 2. The minimum Gasteiger partial charge on any atom is -0.466 e. The van der Waals surface area contributed by atoms with Crippen molar-refractivity contribution in [3.8, 4) is 0 Å². The highest BCUT2D eigenvalue weighted by Crippen LogP contribution is 2.30. The molecule has 1 unspecified atom stereocenters. The van der Waals surface area contributed by atoms with E-state index in [1.807, 2.05) is 0 Å². The Morgan fingerprint density at radius 1 is 1.13 bits per heavy atom. The van der Waals surface area contributed by atoms with E-state index in [0.29, 0.717) is 29.9 Å². The zero-order valence-corrected chi connectivity index (χ0v) is 9.33. The Kier molecular flexibility index (Phi) is 3.88. The van der Waals surface area contributed by atoms with Crippen LogP contribution in [0.4, 0.5) is 0 Å². The quantitative estimate of drug-likeness (QED) is 0.650. The molecule has 0 aromatic rings. The summed E-state index contributed by atoms with van der Waals surface area (Å²) in [5.74, 6) is -0.420. The number of esters is 2. The van der Waals surface area contributed by atoms with Gasteiger partial charge in [-0.15, -0.1) is 0 Å². The molecule has 1 aliphatic carbocycles. The van der Waals surface area contributed by atoms with Crippen molar-refractivity contribution in [3.05, 3.63) is 11.1 Å². The summed E-state index contributed by atoms with van der Waals surface area (Å²) in [4.78, 5) is 22.9. The molecule has 0 heterocycles. The fourth-order valence-corrected chi connectivity index (χ4v) is 1.79. The summed E-state index contributed by atoms with van der Waals surface area (Å²) in [6.45, 7) is 2.05. The molecule has 0 bridgehead atoms. The van der Waals surface area contributed by atoms with Crippen molar-refractivity contribution in [2.24, 2.45) is 5.92 Å². The molecule has 1 atom stereocenters. The molecule has 0 radical (unpaired) electrons. The van der Waals surface area contributed by atoms with Gasteiger partial charge in [0.2, 0.25) is 0 Å². The minimum absolute atomic E-state index is 0.410. The smallest absolute Gasteiger partial charge is 0.334 e. The predicted octanol–water partition coefficient (Wildman–Crippen LogP) is 1.45. The van der Waals surface area contributed by atoms with Crippen LogP contribution in [0.3, 0.4) is 0 Å². The van der Waals surface area contributed by atoms with Gasteiger partial charge in [-0.2, -0.15) is 0 Å². The van der Waals surface area contributed by atoms with Gasteiger partial charge in [-0.25, -0.2) is 9.59 Å². The second-order valence-corrected chi connectivity index (χ2v) is 3.79. The number of ether oxygens (including phenoxy) is 2. The summed E-state index contributed by atoms with van der Waals surface area (Å²) >= 11 is 0. The molecule has 0 saturated heterocycles. The van der Waals surface area contributed by atoms with Crippen LogP contribution >= 0.6 is 0 Å². The predicted molar refractivity (Wildman–Crippen MR) is 54.1 cm³/mol. The van der Waals surface area contributed by atoms with Crippen molar-refractivity contribution in [3.63, 3.8) is 0 Å². The SMILES string of the molecule is COC(=O)C1=C(C(=O)OC)CC(C)CC1. The largest absolute Gasteiger partial charge is 0.466 e. The van der Waals surface area contributed by atoms with E-state index in [1.165, 1.54) is 14.2 Å². The Bertz CT molecular complexity index is 304. The number of carbonyl (C=O) groups is 2. The van der Waals surface area contributed by atoms with Crippen LogP contribution in [0.2, 0.25) is 0 Å². The molecule has 4 heteroatoms. The molecule has 1 rings (SSSR count). The van der Waals surface area contributed by atoms with Gasteiger partial charge in [0.05, 0.1) is 14.2 Å². The lowest BCUT2D eigenvalue weighted by Gasteiger charge is -2.21. The van der Waals surface area contributed by atoms with Crippen molar-refractivity contribution in [1.29, 1.82) is 0 Å². The fourth-order valence-electron chi connectivity index (χ4n) is 1.79. The first-order valence-corrected chi connectivity index (χ1v) is 4.98. The third kappa shape index (κ3) is 2.58. The van der Waals surface area contributed by atoms with Crippen LogP contribution in [0.5, 0.6) is 0 Å². The molecular weight excluding hydrogens is 196 g/mol. The molecule has 0 aromatic heterocycles. The van der Waals surface area contributed by atoms with Crippen molar-refractivity contribution in [1.82, 2.24) is 0 Å². The molecule has 1 aliphatic rings. The summed E-state index contributed by atoms with van der Waals surface area (Å²) in [7, 11) is 2.64. The van der Waals surface area contributed by atoms with E-state index < -0.39 is 11.9 Å². The Morgan fingerprint density at radius 2 is 1.67 bits per heavy atom. The van der Waals surface area contributed by atoms with Gasteiger partial charge in [-0.05, 0) is 25.2 Å². The molecule has 0 N–H and O–H groups in total. The number of hydrogen-bond acceptors (Lipinski definition) is 4. The maximum atomic E-state index is 11.5. The van der Waals surface area contributed by atoms with Gasteiger partial charge in [0.1, 0.15) is 0 Å². The highest BCUT2D eigenvalue weighted by molar-refractivity contribution is 6.00. The Balaban J connectivity index is 3.01. The molecule has 0 saturated carbocycles. The van der Waals surface area contributed by atoms with Gasteiger partial charge >= 0.3 is 11.9 Å². The lowest BCUT2D eigenvalue weighted by Crippen LogP contribution is -2.20. The highest BCUT2D eigenvalue weighted by atomic mass is 16.5. The first-order chi connectivity index (χ1) is 7.10. The van der Waals surface area contributed by atoms with Crippen LogP contribution in [-0.4, -0.2) is 26.2 Å². The van der Waals surface area contributed by atoms with Crippen LogP contribution in [0.25, 0.3) is 0 Å². The van der Waals surface area contributed by atoms with Crippen molar-refractivity contribution in [2.75, 3.05) is 14.2 Å². The Labute approximate surface area is 89.2 Å². The molecule has 0 amide bonds. The molecule has 84 valence electrons. The van der Waals surface area contributed by atoms with E-state index in [-0.39, 0.29) is 0 Å². The van der Waals surface area contributed by atoms with E-state index in [9.17, 15) is 9.59 Å². The summed E-state index contributed by atoms with van der Waals surface area (Å²) in [6.07, 6.45) is 2.10.